The van der Waals surface area contributed by atoms with Crippen molar-refractivity contribution >= 4 is 12.4 Å². The molecule has 6 heteroatoms. The molecule has 0 aliphatic heterocycles. The van der Waals surface area contributed by atoms with E-state index >= 15 is 0 Å². The summed E-state index contributed by atoms with van der Waals surface area (Å²) in [4.78, 5) is 11.1. The van der Waals surface area contributed by atoms with Gasteiger partial charge in [-0.15, -0.1) is 12.4 Å². The van der Waals surface area contributed by atoms with Gasteiger partial charge in [-0.3, -0.25) is 0 Å². The summed E-state index contributed by atoms with van der Waals surface area (Å²) < 4.78 is 19.0. The lowest BCUT2D eigenvalue weighted by molar-refractivity contribution is 0.277. The van der Waals surface area contributed by atoms with Crippen LogP contribution in [0.5, 0.6) is 5.75 Å². The van der Waals surface area contributed by atoms with Crippen LogP contribution in [0.3, 0.4) is 0 Å². The van der Waals surface area contributed by atoms with Crippen LogP contribution in [0.4, 0.5) is 4.39 Å². The van der Waals surface area contributed by atoms with Gasteiger partial charge in [-0.05, 0) is 70.1 Å². The van der Waals surface area contributed by atoms with Crippen LogP contribution in [-0.4, -0.2) is 41.1 Å². The molecule has 26 heavy (non-hydrogen) atoms. The molecule has 0 atom stereocenters. The number of nitrogens with zero attached hydrogens (tertiary/aromatic N) is 3. The molecule has 0 aliphatic carbocycles. The normalized spacial score (nSPS) is 10.7. The maximum atomic E-state index is 13.1. The van der Waals surface area contributed by atoms with Gasteiger partial charge in [0.1, 0.15) is 17.3 Å². The second-order valence-electron chi connectivity index (χ2n) is 6.07. The van der Waals surface area contributed by atoms with E-state index in [-0.39, 0.29) is 18.2 Å². The molecule has 4 nitrogen and oxygen atoms in total. The SMILES string of the molecule is CCN(CC)CCCCCOc1cnc(C)nc1-c1ccc(F)cc1.Cl. The molecule has 2 aromatic rings. The zero-order valence-corrected chi connectivity index (χ0v) is 16.7. The highest BCUT2D eigenvalue weighted by Crippen LogP contribution is 2.27. The summed E-state index contributed by atoms with van der Waals surface area (Å²) >= 11 is 0. The summed E-state index contributed by atoms with van der Waals surface area (Å²) in [6, 6.07) is 6.30. The van der Waals surface area contributed by atoms with E-state index in [0.717, 1.165) is 43.7 Å². The summed E-state index contributed by atoms with van der Waals surface area (Å²) in [7, 11) is 0. The number of aryl methyl sites for hydroxylation is 1. The van der Waals surface area contributed by atoms with Gasteiger partial charge in [-0.25, -0.2) is 14.4 Å². The number of benzene rings is 1. The lowest BCUT2D eigenvalue weighted by Crippen LogP contribution is -2.23. The number of rotatable bonds is 10. The Morgan fingerprint density at radius 1 is 1.04 bits per heavy atom. The van der Waals surface area contributed by atoms with Crippen LogP contribution >= 0.6 is 12.4 Å². The highest BCUT2D eigenvalue weighted by molar-refractivity contribution is 5.85. The van der Waals surface area contributed by atoms with Crippen LogP contribution in [0.25, 0.3) is 11.3 Å². The number of halogens is 2. The van der Waals surface area contributed by atoms with Crippen LogP contribution in [0.1, 0.15) is 38.9 Å². The molecule has 0 fully saturated rings. The topological polar surface area (TPSA) is 38.2 Å². The largest absolute Gasteiger partial charge is 0.490 e. The van der Waals surface area contributed by atoms with Crippen LogP contribution in [0.2, 0.25) is 0 Å². The zero-order chi connectivity index (χ0) is 18.1. The third-order valence-electron chi connectivity index (χ3n) is 4.26. The molecule has 1 aromatic carbocycles. The van der Waals surface area contributed by atoms with E-state index < -0.39 is 0 Å². The van der Waals surface area contributed by atoms with Gasteiger partial charge in [0.2, 0.25) is 0 Å². The summed E-state index contributed by atoms with van der Waals surface area (Å²) in [5.41, 5.74) is 1.55. The summed E-state index contributed by atoms with van der Waals surface area (Å²) in [6.45, 7) is 10.2. The van der Waals surface area contributed by atoms with Crippen molar-refractivity contribution in [3.8, 4) is 17.0 Å². The van der Waals surface area contributed by atoms with Gasteiger partial charge in [-0.2, -0.15) is 0 Å². The molecule has 1 aromatic heterocycles. The molecule has 0 unspecified atom stereocenters. The van der Waals surface area contributed by atoms with Gasteiger partial charge >= 0.3 is 0 Å². The molecule has 0 spiro atoms. The lowest BCUT2D eigenvalue weighted by atomic mass is 10.1. The molecule has 2 rings (SSSR count). The minimum Gasteiger partial charge on any atom is -0.490 e. The first kappa shape index (κ1) is 22.3. The van der Waals surface area contributed by atoms with Crippen molar-refractivity contribution in [1.82, 2.24) is 14.9 Å². The van der Waals surface area contributed by atoms with Gasteiger partial charge in [0.25, 0.3) is 0 Å². The fourth-order valence-electron chi connectivity index (χ4n) is 2.72. The van der Waals surface area contributed by atoms with Crippen molar-refractivity contribution in [1.29, 1.82) is 0 Å². The number of hydrogen-bond acceptors (Lipinski definition) is 4. The van der Waals surface area contributed by atoms with Gasteiger partial charge in [0.15, 0.2) is 5.75 Å². The number of unbranched alkanes of at least 4 members (excludes halogenated alkanes) is 2. The van der Waals surface area contributed by atoms with Crippen molar-refractivity contribution in [2.75, 3.05) is 26.2 Å². The standard InChI is InChI=1S/C20H28FN3O.ClH/c1-4-24(5-2)13-7-6-8-14-25-19-15-22-16(3)23-20(19)17-9-11-18(21)12-10-17;/h9-12,15H,4-8,13-14H2,1-3H3;1H. The van der Waals surface area contributed by atoms with Gasteiger partial charge < -0.3 is 9.64 Å². The van der Waals surface area contributed by atoms with Crippen molar-refractivity contribution in [2.45, 2.75) is 40.0 Å². The van der Waals surface area contributed by atoms with Gasteiger partial charge in [0.05, 0.1) is 12.8 Å². The van der Waals surface area contributed by atoms with E-state index in [1.807, 2.05) is 6.92 Å². The quantitative estimate of drug-likeness (QED) is 0.548. The average Bonchev–Trinajstić information content (AvgIpc) is 2.63. The van der Waals surface area contributed by atoms with E-state index in [2.05, 4.69) is 28.7 Å². The van der Waals surface area contributed by atoms with E-state index in [4.69, 9.17) is 4.74 Å². The maximum absolute atomic E-state index is 13.1. The molecule has 0 saturated heterocycles. The smallest absolute Gasteiger partial charge is 0.163 e. The average molecular weight is 382 g/mol. The minimum absolute atomic E-state index is 0. The van der Waals surface area contributed by atoms with Crippen LogP contribution in [-0.2, 0) is 0 Å². The summed E-state index contributed by atoms with van der Waals surface area (Å²) in [6.07, 6.45) is 5.02. The van der Waals surface area contributed by atoms with Crippen molar-refractivity contribution in [3.05, 3.63) is 42.1 Å². The lowest BCUT2D eigenvalue weighted by Gasteiger charge is -2.17. The maximum Gasteiger partial charge on any atom is 0.163 e. The predicted molar refractivity (Wildman–Crippen MR) is 107 cm³/mol. The fourth-order valence-corrected chi connectivity index (χ4v) is 2.72. The van der Waals surface area contributed by atoms with Crippen molar-refractivity contribution in [3.63, 3.8) is 0 Å². The zero-order valence-electron chi connectivity index (χ0n) is 15.9. The Morgan fingerprint density at radius 2 is 1.73 bits per heavy atom. The first-order valence-electron chi connectivity index (χ1n) is 9.08. The number of hydrogen-bond donors (Lipinski definition) is 0. The van der Waals surface area contributed by atoms with E-state index in [1.165, 1.54) is 18.6 Å². The van der Waals surface area contributed by atoms with Crippen LogP contribution < -0.4 is 4.74 Å². The molecular weight excluding hydrogens is 353 g/mol. The van der Waals surface area contributed by atoms with Gasteiger partial charge in [-0.1, -0.05) is 13.8 Å². The Morgan fingerprint density at radius 3 is 2.38 bits per heavy atom. The monoisotopic (exact) mass is 381 g/mol. The molecule has 1 heterocycles. The minimum atomic E-state index is -0.259. The highest BCUT2D eigenvalue weighted by atomic mass is 35.5. The third-order valence-corrected chi connectivity index (χ3v) is 4.26. The Bertz CT molecular complexity index is 648. The molecular formula is C20H29ClFN3O. The van der Waals surface area contributed by atoms with Gasteiger partial charge in [0, 0.05) is 5.56 Å². The Hall–Kier alpha value is -1.72. The van der Waals surface area contributed by atoms with E-state index in [1.54, 1.807) is 18.3 Å². The molecule has 0 aliphatic rings. The Kier molecular flexibility index (Phi) is 10.1. The first-order chi connectivity index (χ1) is 12.1. The molecule has 0 radical (unpaired) electrons. The first-order valence-corrected chi connectivity index (χ1v) is 9.08. The highest BCUT2D eigenvalue weighted by Gasteiger charge is 2.10. The fraction of sp³-hybridized carbons (Fsp3) is 0.500. The second kappa shape index (κ2) is 11.8. The number of aromatic nitrogens is 2. The summed E-state index contributed by atoms with van der Waals surface area (Å²) in [5, 5.41) is 0. The second-order valence-corrected chi connectivity index (χ2v) is 6.07. The molecule has 0 amide bonds. The molecule has 0 bridgehead atoms. The van der Waals surface area contributed by atoms with Crippen LogP contribution in [0.15, 0.2) is 30.5 Å². The van der Waals surface area contributed by atoms with E-state index in [9.17, 15) is 4.39 Å². The van der Waals surface area contributed by atoms with Crippen molar-refractivity contribution < 1.29 is 9.13 Å². The predicted octanol–water partition coefficient (Wildman–Crippen LogP) is 4.90. The molecule has 0 N–H and O–H groups in total. The molecule has 0 saturated carbocycles. The summed E-state index contributed by atoms with van der Waals surface area (Å²) in [5.74, 6) is 1.07. The molecule has 144 valence electrons. The number of ether oxygens (including phenoxy) is 1. The Labute approximate surface area is 162 Å². The third kappa shape index (κ3) is 6.89. The Balaban J connectivity index is 0.00000338. The van der Waals surface area contributed by atoms with Crippen molar-refractivity contribution in [2.24, 2.45) is 0 Å². The van der Waals surface area contributed by atoms with Crippen LogP contribution in [0, 0.1) is 12.7 Å². The van der Waals surface area contributed by atoms with E-state index in [0.29, 0.717) is 18.2 Å².